The molecule has 0 amide bonds. The second-order valence-corrected chi connectivity index (χ2v) is 5.01. The second kappa shape index (κ2) is 6.65. The lowest BCUT2D eigenvalue weighted by molar-refractivity contribution is 0.282. The van der Waals surface area contributed by atoms with Crippen molar-refractivity contribution >= 4 is 5.96 Å². The van der Waals surface area contributed by atoms with Gasteiger partial charge in [-0.3, -0.25) is 4.99 Å². The number of hydrogen-bond acceptors (Lipinski definition) is 4. The van der Waals surface area contributed by atoms with E-state index in [-0.39, 0.29) is 5.56 Å². The predicted octanol–water partition coefficient (Wildman–Crippen LogP) is 1.51. The Morgan fingerprint density at radius 1 is 1.35 bits per heavy atom. The maximum atomic E-state index is 13.9. The van der Waals surface area contributed by atoms with Gasteiger partial charge in [0.05, 0.1) is 6.04 Å². The van der Waals surface area contributed by atoms with Crippen molar-refractivity contribution in [1.82, 2.24) is 15.5 Å². The standard InChI is InChI=1S/C14H20F2N4/c1-20(2)12(9-19-14-17-7-4-8-18-14)13-10(15)5-3-6-11(13)16/h3,5-6,12H,4,7-9H2,1-2H3,(H2,17,18,19). The van der Waals surface area contributed by atoms with Gasteiger partial charge in [-0.2, -0.15) is 0 Å². The molecule has 0 aromatic heterocycles. The molecule has 1 aromatic carbocycles. The molecule has 2 rings (SSSR count). The summed E-state index contributed by atoms with van der Waals surface area (Å²) in [5, 5.41) is 6.25. The molecule has 1 atom stereocenters. The molecule has 2 N–H and O–H groups in total. The van der Waals surface area contributed by atoms with Crippen LogP contribution in [-0.4, -0.2) is 44.6 Å². The molecule has 1 heterocycles. The van der Waals surface area contributed by atoms with E-state index in [0.717, 1.165) is 19.5 Å². The largest absolute Gasteiger partial charge is 0.356 e. The van der Waals surface area contributed by atoms with Crippen molar-refractivity contribution in [2.24, 2.45) is 4.99 Å². The molecule has 0 fully saturated rings. The molecule has 0 radical (unpaired) electrons. The first-order chi connectivity index (χ1) is 9.59. The fourth-order valence-electron chi connectivity index (χ4n) is 2.22. The SMILES string of the molecule is CN(C)C(CNC1=NCCCN1)c1c(F)cccc1F. The van der Waals surface area contributed by atoms with Crippen LogP contribution in [-0.2, 0) is 0 Å². The molecule has 1 aliphatic rings. The Labute approximate surface area is 117 Å². The van der Waals surface area contributed by atoms with Crippen LogP contribution in [0.1, 0.15) is 18.0 Å². The Bertz CT molecular complexity index is 468. The van der Waals surface area contributed by atoms with Crippen LogP contribution in [0.15, 0.2) is 23.2 Å². The zero-order chi connectivity index (χ0) is 14.5. The highest BCUT2D eigenvalue weighted by molar-refractivity contribution is 5.80. The molecule has 1 unspecified atom stereocenters. The molecule has 1 aliphatic heterocycles. The van der Waals surface area contributed by atoms with Gasteiger partial charge in [0.2, 0.25) is 0 Å². The molecule has 0 spiro atoms. The molecule has 1 aromatic rings. The summed E-state index contributed by atoms with van der Waals surface area (Å²) in [4.78, 5) is 6.08. The minimum atomic E-state index is -0.524. The summed E-state index contributed by atoms with van der Waals surface area (Å²) in [6, 6.07) is 3.54. The summed E-state index contributed by atoms with van der Waals surface area (Å²) >= 11 is 0. The first kappa shape index (κ1) is 14.7. The van der Waals surface area contributed by atoms with Crippen molar-refractivity contribution in [2.45, 2.75) is 12.5 Å². The number of guanidine groups is 1. The van der Waals surface area contributed by atoms with Crippen molar-refractivity contribution in [1.29, 1.82) is 0 Å². The van der Waals surface area contributed by atoms with E-state index < -0.39 is 17.7 Å². The number of nitrogens with zero attached hydrogens (tertiary/aromatic N) is 2. The van der Waals surface area contributed by atoms with Gasteiger partial charge in [0.15, 0.2) is 5.96 Å². The molecule has 0 bridgehead atoms. The molecular weight excluding hydrogens is 262 g/mol. The molecule has 0 saturated carbocycles. The van der Waals surface area contributed by atoms with Gasteiger partial charge >= 0.3 is 0 Å². The Hall–Kier alpha value is -1.69. The van der Waals surface area contributed by atoms with Crippen molar-refractivity contribution in [3.63, 3.8) is 0 Å². The molecule has 0 aliphatic carbocycles. The van der Waals surface area contributed by atoms with E-state index in [9.17, 15) is 8.78 Å². The number of likely N-dealkylation sites (N-methyl/N-ethyl adjacent to an activating group) is 1. The van der Waals surface area contributed by atoms with Gasteiger partial charge in [0.25, 0.3) is 0 Å². The maximum Gasteiger partial charge on any atom is 0.191 e. The molecule has 110 valence electrons. The van der Waals surface area contributed by atoms with Gasteiger partial charge in [0.1, 0.15) is 11.6 Å². The minimum Gasteiger partial charge on any atom is -0.356 e. The molecule has 20 heavy (non-hydrogen) atoms. The van der Waals surface area contributed by atoms with Crippen LogP contribution in [0, 0.1) is 11.6 Å². The monoisotopic (exact) mass is 282 g/mol. The predicted molar refractivity (Wildman–Crippen MR) is 75.7 cm³/mol. The van der Waals surface area contributed by atoms with Crippen LogP contribution in [0.5, 0.6) is 0 Å². The van der Waals surface area contributed by atoms with Gasteiger partial charge in [-0.15, -0.1) is 0 Å². The van der Waals surface area contributed by atoms with Gasteiger partial charge in [-0.05, 0) is 32.6 Å². The highest BCUT2D eigenvalue weighted by Gasteiger charge is 2.22. The Morgan fingerprint density at radius 3 is 2.60 bits per heavy atom. The van der Waals surface area contributed by atoms with E-state index in [0.29, 0.717) is 12.5 Å². The Balaban J connectivity index is 2.13. The van der Waals surface area contributed by atoms with Gasteiger partial charge in [-0.25, -0.2) is 8.78 Å². The van der Waals surface area contributed by atoms with Crippen molar-refractivity contribution in [3.8, 4) is 0 Å². The summed E-state index contributed by atoms with van der Waals surface area (Å²) < 4.78 is 27.8. The van der Waals surface area contributed by atoms with E-state index >= 15 is 0 Å². The number of nitrogens with one attached hydrogen (secondary N) is 2. The van der Waals surface area contributed by atoms with Crippen LogP contribution < -0.4 is 10.6 Å². The first-order valence-electron chi connectivity index (χ1n) is 6.72. The fraction of sp³-hybridized carbons (Fsp3) is 0.500. The van der Waals surface area contributed by atoms with E-state index in [2.05, 4.69) is 15.6 Å². The zero-order valence-electron chi connectivity index (χ0n) is 11.8. The van der Waals surface area contributed by atoms with Crippen LogP contribution in [0.3, 0.4) is 0 Å². The van der Waals surface area contributed by atoms with Crippen LogP contribution in [0.4, 0.5) is 8.78 Å². The van der Waals surface area contributed by atoms with Crippen LogP contribution in [0.2, 0.25) is 0 Å². The van der Waals surface area contributed by atoms with E-state index in [1.165, 1.54) is 18.2 Å². The lowest BCUT2D eigenvalue weighted by atomic mass is 10.0. The van der Waals surface area contributed by atoms with Gasteiger partial charge < -0.3 is 15.5 Å². The average molecular weight is 282 g/mol. The van der Waals surface area contributed by atoms with E-state index in [1.54, 1.807) is 19.0 Å². The molecule has 0 saturated heterocycles. The quantitative estimate of drug-likeness (QED) is 0.879. The van der Waals surface area contributed by atoms with Crippen LogP contribution >= 0.6 is 0 Å². The second-order valence-electron chi connectivity index (χ2n) is 5.01. The first-order valence-corrected chi connectivity index (χ1v) is 6.72. The Morgan fingerprint density at radius 2 is 2.05 bits per heavy atom. The molecule has 6 heteroatoms. The lowest BCUT2D eigenvalue weighted by Gasteiger charge is -2.27. The van der Waals surface area contributed by atoms with Crippen LogP contribution in [0.25, 0.3) is 0 Å². The van der Waals surface area contributed by atoms with Crippen molar-refractivity contribution < 1.29 is 8.78 Å². The number of hydrogen-bond donors (Lipinski definition) is 2. The third kappa shape index (κ3) is 3.45. The molecular formula is C14H20F2N4. The average Bonchev–Trinajstić information content (AvgIpc) is 2.42. The summed E-state index contributed by atoms with van der Waals surface area (Å²) in [5.41, 5.74) is 0.0846. The summed E-state index contributed by atoms with van der Waals surface area (Å²) in [6.45, 7) is 2.03. The summed E-state index contributed by atoms with van der Waals surface area (Å²) in [5.74, 6) is -0.354. The third-order valence-electron chi connectivity index (χ3n) is 3.32. The normalized spacial score (nSPS) is 16.6. The number of halogens is 2. The smallest absolute Gasteiger partial charge is 0.191 e. The van der Waals surface area contributed by atoms with Crippen molar-refractivity contribution in [2.75, 3.05) is 33.7 Å². The third-order valence-corrected chi connectivity index (χ3v) is 3.32. The molecule has 4 nitrogen and oxygen atoms in total. The summed E-state index contributed by atoms with van der Waals surface area (Å²) in [7, 11) is 3.60. The zero-order valence-corrected chi connectivity index (χ0v) is 11.8. The minimum absolute atomic E-state index is 0.0846. The van der Waals surface area contributed by atoms with Gasteiger partial charge in [0, 0.05) is 25.2 Å². The highest BCUT2D eigenvalue weighted by atomic mass is 19.1. The van der Waals surface area contributed by atoms with E-state index in [4.69, 9.17) is 0 Å². The summed E-state index contributed by atoms with van der Waals surface area (Å²) in [6.07, 6.45) is 1.00. The number of rotatable bonds is 4. The van der Waals surface area contributed by atoms with E-state index in [1.807, 2.05) is 0 Å². The van der Waals surface area contributed by atoms with Gasteiger partial charge in [-0.1, -0.05) is 6.07 Å². The topological polar surface area (TPSA) is 39.7 Å². The highest BCUT2D eigenvalue weighted by Crippen LogP contribution is 2.23. The lowest BCUT2D eigenvalue weighted by Crippen LogP contribution is -2.44. The number of benzene rings is 1. The Kier molecular flexibility index (Phi) is 4.89. The maximum absolute atomic E-state index is 13.9. The van der Waals surface area contributed by atoms with Crippen molar-refractivity contribution in [3.05, 3.63) is 35.4 Å². The number of aliphatic imine (C=N–C) groups is 1. The fourth-order valence-corrected chi connectivity index (χ4v) is 2.22.